The van der Waals surface area contributed by atoms with Gasteiger partial charge >= 0.3 is 0 Å². The number of nitrogens with zero attached hydrogens (tertiary/aromatic N) is 1. The molecule has 2 aromatic rings. The van der Waals surface area contributed by atoms with Crippen molar-refractivity contribution >= 4 is 5.91 Å². The Kier molecular flexibility index (Phi) is 4.35. The monoisotopic (exact) mass is 266 g/mol. The summed E-state index contributed by atoms with van der Waals surface area (Å²) in [5, 5.41) is 21.2. The van der Waals surface area contributed by atoms with Gasteiger partial charge in [-0.15, -0.1) is 0 Å². The molecule has 4 heteroatoms. The zero-order chi connectivity index (χ0) is 14.4. The summed E-state index contributed by atoms with van der Waals surface area (Å²) in [6.07, 6.45) is 0.552. The number of amides is 1. The molecule has 1 amide bonds. The quantitative estimate of drug-likeness (QED) is 0.891. The molecular weight excluding hydrogens is 252 g/mol. The summed E-state index contributed by atoms with van der Waals surface area (Å²) < 4.78 is 0. The van der Waals surface area contributed by atoms with E-state index in [1.54, 1.807) is 36.4 Å². The molecular formula is C16H14N2O2. The highest BCUT2D eigenvalue weighted by molar-refractivity contribution is 5.94. The van der Waals surface area contributed by atoms with E-state index in [0.717, 1.165) is 5.56 Å². The molecule has 0 saturated heterocycles. The average molecular weight is 266 g/mol. The Morgan fingerprint density at radius 2 is 2.00 bits per heavy atom. The van der Waals surface area contributed by atoms with Crippen LogP contribution < -0.4 is 5.32 Å². The van der Waals surface area contributed by atoms with Crippen molar-refractivity contribution in [2.24, 2.45) is 0 Å². The lowest BCUT2D eigenvalue weighted by molar-refractivity contribution is 0.0954. The number of carbonyl (C=O) groups is 1. The number of aromatic hydroxyl groups is 1. The van der Waals surface area contributed by atoms with Gasteiger partial charge < -0.3 is 10.4 Å². The lowest BCUT2D eigenvalue weighted by atomic mass is 10.1. The van der Waals surface area contributed by atoms with Crippen LogP contribution in [0.15, 0.2) is 48.5 Å². The minimum absolute atomic E-state index is 0.225. The fourth-order valence-electron chi connectivity index (χ4n) is 1.86. The van der Waals surface area contributed by atoms with Crippen LogP contribution in [-0.2, 0) is 6.42 Å². The summed E-state index contributed by atoms with van der Waals surface area (Å²) in [5.74, 6) is 0.00532. The molecule has 0 fully saturated rings. The number of phenolic OH excluding ortho intramolecular Hbond substituents is 1. The molecule has 20 heavy (non-hydrogen) atoms. The first-order valence-corrected chi connectivity index (χ1v) is 6.26. The summed E-state index contributed by atoms with van der Waals surface area (Å²) in [6, 6.07) is 15.6. The van der Waals surface area contributed by atoms with Crippen LogP contribution in [0.5, 0.6) is 5.75 Å². The van der Waals surface area contributed by atoms with Gasteiger partial charge in [-0.25, -0.2) is 0 Å². The van der Waals surface area contributed by atoms with Crippen molar-refractivity contribution in [3.63, 3.8) is 0 Å². The number of para-hydroxylation sites is 1. The van der Waals surface area contributed by atoms with Crippen molar-refractivity contribution in [3.8, 4) is 11.8 Å². The van der Waals surface area contributed by atoms with Crippen molar-refractivity contribution in [1.82, 2.24) is 5.32 Å². The Labute approximate surface area is 117 Å². The molecule has 0 aliphatic heterocycles. The first-order valence-electron chi connectivity index (χ1n) is 6.26. The van der Waals surface area contributed by atoms with E-state index in [2.05, 4.69) is 5.32 Å². The molecule has 0 saturated carbocycles. The minimum Gasteiger partial charge on any atom is -0.508 e. The molecule has 2 aromatic carbocycles. The van der Waals surface area contributed by atoms with E-state index in [0.29, 0.717) is 24.1 Å². The first kappa shape index (κ1) is 13.6. The molecule has 4 nitrogen and oxygen atoms in total. The molecule has 100 valence electrons. The largest absolute Gasteiger partial charge is 0.508 e. The van der Waals surface area contributed by atoms with Crippen molar-refractivity contribution in [3.05, 3.63) is 65.2 Å². The van der Waals surface area contributed by atoms with Crippen molar-refractivity contribution in [2.45, 2.75) is 6.42 Å². The Morgan fingerprint density at radius 3 is 2.75 bits per heavy atom. The van der Waals surface area contributed by atoms with Gasteiger partial charge in [-0.3, -0.25) is 4.79 Å². The highest BCUT2D eigenvalue weighted by atomic mass is 16.3. The fraction of sp³-hybridized carbons (Fsp3) is 0.125. The summed E-state index contributed by atoms with van der Waals surface area (Å²) in [5.41, 5.74) is 1.71. The second-order valence-electron chi connectivity index (χ2n) is 4.33. The number of benzene rings is 2. The third-order valence-electron chi connectivity index (χ3n) is 2.93. The summed E-state index contributed by atoms with van der Waals surface area (Å²) in [4.78, 5) is 11.9. The molecule has 0 atom stereocenters. The summed E-state index contributed by atoms with van der Waals surface area (Å²) in [7, 11) is 0. The third-order valence-corrected chi connectivity index (χ3v) is 2.93. The molecule has 0 aromatic heterocycles. The molecule has 0 aliphatic rings. The van der Waals surface area contributed by atoms with Gasteiger partial charge in [0.25, 0.3) is 5.91 Å². The number of carbonyl (C=O) groups excluding carboxylic acids is 1. The Morgan fingerprint density at radius 1 is 1.20 bits per heavy atom. The maximum absolute atomic E-state index is 11.9. The van der Waals surface area contributed by atoms with E-state index in [9.17, 15) is 9.90 Å². The Bertz CT molecular complexity index is 660. The first-order chi connectivity index (χ1) is 9.70. The number of phenols is 1. The third kappa shape index (κ3) is 3.36. The molecule has 0 bridgehead atoms. The highest BCUT2D eigenvalue weighted by Gasteiger charge is 2.06. The van der Waals surface area contributed by atoms with Crippen LogP contribution in [0.2, 0.25) is 0 Å². The van der Waals surface area contributed by atoms with Crippen LogP contribution in [-0.4, -0.2) is 17.6 Å². The molecule has 2 N–H and O–H groups in total. The van der Waals surface area contributed by atoms with E-state index in [1.807, 2.05) is 18.2 Å². The van der Waals surface area contributed by atoms with Gasteiger partial charge in [0.15, 0.2) is 0 Å². The van der Waals surface area contributed by atoms with E-state index < -0.39 is 0 Å². The average Bonchev–Trinajstić information content (AvgIpc) is 2.49. The lowest BCUT2D eigenvalue weighted by Gasteiger charge is -2.07. The standard InChI is InChI=1S/C16H14N2O2/c17-11-12-4-3-6-14(10-12)16(20)18-9-8-13-5-1-2-7-15(13)19/h1-7,10,19H,8-9H2,(H,18,20). The van der Waals surface area contributed by atoms with Crippen molar-refractivity contribution in [2.75, 3.05) is 6.54 Å². The van der Waals surface area contributed by atoms with E-state index in [-0.39, 0.29) is 11.7 Å². The number of nitriles is 1. The van der Waals surface area contributed by atoms with Gasteiger partial charge in [-0.1, -0.05) is 24.3 Å². The van der Waals surface area contributed by atoms with Gasteiger partial charge in [0, 0.05) is 12.1 Å². The summed E-state index contributed by atoms with van der Waals surface area (Å²) >= 11 is 0. The smallest absolute Gasteiger partial charge is 0.251 e. The molecule has 0 spiro atoms. The molecule has 0 heterocycles. The maximum Gasteiger partial charge on any atom is 0.251 e. The van der Waals surface area contributed by atoms with Gasteiger partial charge in [-0.2, -0.15) is 5.26 Å². The van der Waals surface area contributed by atoms with Gasteiger partial charge in [-0.05, 0) is 36.2 Å². The number of nitrogens with one attached hydrogen (secondary N) is 1. The molecule has 0 radical (unpaired) electrons. The molecule has 0 unspecified atom stereocenters. The van der Waals surface area contributed by atoms with Crippen LogP contribution in [0.4, 0.5) is 0 Å². The normalized spacial score (nSPS) is 9.75. The predicted molar refractivity (Wildman–Crippen MR) is 75.3 cm³/mol. The molecule has 0 aliphatic carbocycles. The number of hydrogen-bond donors (Lipinski definition) is 2. The van der Waals surface area contributed by atoms with Crippen LogP contribution >= 0.6 is 0 Å². The summed E-state index contributed by atoms with van der Waals surface area (Å²) in [6.45, 7) is 0.424. The Balaban J connectivity index is 1.93. The Hall–Kier alpha value is -2.80. The fourth-order valence-corrected chi connectivity index (χ4v) is 1.86. The van der Waals surface area contributed by atoms with Gasteiger partial charge in [0.05, 0.1) is 11.6 Å². The van der Waals surface area contributed by atoms with Crippen LogP contribution in [0.3, 0.4) is 0 Å². The minimum atomic E-state index is -0.225. The van der Waals surface area contributed by atoms with Crippen LogP contribution in [0.25, 0.3) is 0 Å². The van der Waals surface area contributed by atoms with Gasteiger partial charge in [0.1, 0.15) is 5.75 Å². The predicted octanol–water partition coefficient (Wildman–Crippen LogP) is 2.24. The highest BCUT2D eigenvalue weighted by Crippen LogP contribution is 2.15. The lowest BCUT2D eigenvalue weighted by Crippen LogP contribution is -2.25. The van der Waals surface area contributed by atoms with Crippen molar-refractivity contribution in [1.29, 1.82) is 5.26 Å². The zero-order valence-electron chi connectivity index (χ0n) is 10.8. The van der Waals surface area contributed by atoms with Crippen LogP contribution in [0.1, 0.15) is 21.5 Å². The van der Waals surface area contributed by atoms with E-state index in [4.69, 9.17) is 5.26 Å². The molecule has 2 rings (SSSR count). The van der Waals surface area contributed by atoms with E-state index >= 15 is 0 Å². The second-order valence-corrected chi connectivity index (χ2v) is 4.33. The van der Waals surface area contributed by atoms with Crippen LogP contribution in [0, 0.1) is 11.3 Å². The van der Waals surface area contributed by atoms with Gasteiger partial charge in [0.2, 0.25) is 0 Å². The topological polar surface area (TPSA) is 73.1 Å². The maximum atomic E-state index is 11.9. The van der Waals surface area contributed by atoms with Crippen molar-refractivity contribution < 1.29 is 9.90 Å². The zero-order valence-corrected chi connectivity index (χ0v) is 10.8. The second kappa shape index (κ2) is 6.39. The van der Waals surface area contributed by atoms with E-state index in [1.165, 1.54) is 0 Å². The number of hydrogen-bond acceptors (Lipinski definition) is 3. The SMILES string of the molecule is N#Cc1cccc(C(=O)NCCc2ccccc2O)c1. The number of rotatable bonds is 4.